The predicted molar refractivity (Wildman–Crippen MR) is 91.8 cm³/mol. The van der Waals surface area contributed by atoms with E-state index in [1.807, 2.05) is 6.08 Å². The van der Waals surface area contributed by atoms with Gasteiger partial charge in [-0.2, -0.15) is 0 Å². The first-order valence-electron chi connectivity index (χ1n) is 8.42. The van der Waals surface area contributed by atoms with Gasteiger partial charge >= 0.3 is 0 Å². The number of aliphatic hydroxyl groups is 1. The zero-order chi connectivity index (χ0) is 15.6. The molecule has 0 radical (unpaired) electrons. The van der Waals surface area contributed by atoms with Gasteiger partial charge in [0.05, 0.1) is 5.76 Å². The number of benzene rings is 1. The van der Waals surface area contributed by atoms with Crippen molar-refractivity contribution in [1.29, 1.82) is 0 Å². The van der Waals surface area contributed by atoms with E-state index in [4.69, 9.17) is 0 Å². The third-order valence-corrected chi connectivity index (χ3v) is 5.28. The van der Waals surface area contributed by atoms with Gasteiger partial charge in [-0.15, -0.1) is 0 Å². The van der Waals surface area contributed by atoms with Crippen LogP contribution in [0, 0.1) is 5.41 Å². The van der Waals surface area contributed by atoms with E-state index >= 15 is 0 Å². The summed E-state index contributed by atoms with van der Waals surface area (Å²) in [5.41, 5.74) is 2.79. The first-order valence-corrected chi connectivity index (χ1v) is 8.42. The predicted octanol–water partition coefficient (Wildman–Crippen LogP) is 4.84. The summed E-state index contributed by atoms with van der Waals surface area (Å²) in [5.74, 6) is 0.495. The van der Waals surface area contributed by atoms with Gasteiger partial charge < -0.3 is 10.4 Å². The molecule has 0 amide bonds. The molecule has 2 N–H and O–H groups in total. The molecule has 0 bridgehead atoms. The molecule has 0 aliphatic heterocycles. The Morgan fingerprint density at radius 2 is 1.73 bits per heavy atom. The fourth-order valence-electron chi connectivity index (χ4n) is 3.85. The Hall–Kier alpha value is -1.54. The Kier molecular flexibility index (Phi) is 4.14. The summed E-state index contributed by atoms with van der Waals surface area (Å²) in [5, 5.41) is 13.8. The van der Waals surface area contributed by atoms with E-state index in [1.165, 1.54) is 36.8 Å². The van der Waals surface area contributed by atoms with Crippen LogP contribution < -0.4 is 5.32 Å². The van der Waals surface area contributed by atoms with Crippen LogP contribution >= 0.6 is 0 Å². The second-order valence-electron chi connectivity index (χ2n) is 7.45. The van der Waals surface area contributed by atoms with Crippen LogP contribution in [-0.4, -0.2) is 11.7 Å². The van der Waals surface area contributed by atoms with Crippen molar-refractivity contribution >= 4 is 0 Å². The van der Waals surface area contributed by atoms with Gasteiger partial charge in [-0.1, -0.05) is 68.7 Å². The Labute approximate surface area is 133 Å². The van der Waals surface area contributed by atoms with Crippen LogP contribution in [0.2, 0.25) is 0 Å². The number of aliphatic hydroxyl groups excluding tert-OH is 1. The lowest BCUT2D eigenvalue weighted by Crippen LogP contribution is -2.41. The standard InChI is InChI=1S/C20H27NO/c1-19(2)14-16(10-11-18(19)22)15-21-20(12-6-7-13-20)17-8-4-3-5-9-17/h3-5,8-11,21-22H,6-7,12-15H2,1-2H3. The molecule has 2 aliphatic rings. The molecule has 0 heterocycles. The molecule has 0 spiro atoms. The molecule has 0 saturated heterocycles. The number of hydrogen-bond donors (Lipinski definition) is 2. The van der Waals surface area contributed by atoms with Gasteiger partial charge in [0.1, 0.15) is 0 Å². The summed E-state index contributed by atoms with van der Waals surface area (Å²) < 4.78 is 0. The quantitative estimate of drug-likeness (QED) is 0.833. The van der Waals surface area contributed by atoms with Crippen molar-refractivity contribution < 1.29 is 5.11 Å². The number of hydrogen-bond acceptors (Lipinski definition) is 2. The second kappa shape index (κ2) is 5.92. The van der Waals surface area contributed by atoms with E-state index < -0.39 is 0 Å². The van der Waals surface area contributed by atoms with Gasteiger partial charge in [-0.05, 0) is 30.9 Å². The molecule has 2 heteroatoms. The van der Waals surface area contributed by atoms with Crippen molar-refractivity contribution in [3.05, 3.63) is 59.4 Å². The third-order valence-electron chi connectivity index (χ3n) is 5.28. The summed E-state index contributed by atoms with van der Waals surface area (Å²) in [6.45, 7) is 5.12. The van der Waals surface area contributed by atoms with E-state index in [0.29, 0.717) is 5.76 Å². The lowest BCUT2D eigenvalue weighted by atomic mass is 9.79. The van der Waals surface area contributed by atoms with Crippen LogP contribution in [0.25, 0.3) is 0 Å². The Morgan fingerprint density at radius 3 is 2.36 bits per heavy atom. The zero-order valence-corrected chi connectivity index (χ0v) is 13.7. The molecule has 1 fully saturated rings. The van der Waals surface area contributed by atoms with E-state index in [0.717, 1.165) is 13.0 Å². The smallest absolute Gasteiger partial charge is 0.0981 e. The maximum Gasteiger partial charge on any atom is 0.0981 e. The largest absolute Gasteiger partial charge is 0.512 e. The first kappa shape index (κ1) is 15.4. The molecule has 118 valence electrons. The fourth-order valence-corrected chi connectivity index (χ4v) is 3.85. The molecule has 0 unspecified atom stereocenters. The Bertz CT molecular complexity index is 577. The van der Waals surface area contributed by atoms with Crippen LogP contribution in [0.4, 0.5) is 0 Å². The second-order valence-corrected chi connectivity index (χ2v) is 7.45. The van der Waals surface area contributed by atoms with Gasteiger partial charge in [0.2, 0.25) is 0 Å². The highest BCUT2D eigenvalue weighted by Gasteiger charge is 2.35. The molecule has 1 saturated carbocycles. The topological polar surface area (TPSA) is 32.3 Å². The molecule has 3 rings (SSSR count). The number of allylic oxidation sites excluding steroid dienone is 3. The molecule has 1 aromatic carbocycles. The Balaban J connectivity index is 1.74. The van der Waals surface area contributed by atoms with E-state index in [1.54, 1.807) is 0 Å². The fraction of sp³-hybridized carbons (Fsp3) is 0.500. The van der Waals surface area contributed by atoms with Gasteiger partial charge in [-0.3, -0.25) is 0 Å². The van der Waals surface area contributed by atoms with Crippen molar-refractivity contribution in [3.63, 3.8) is 0 Å². The molecule has 2 aliphatic carbocycles. The van der Waals surface area contributed by atoms with E-state index in [-0.39, 0.29) is 11.0 Å². The summed E-state index contributed by atoms with van der Waals surface area (Å²) in [7, 11) is 0. The van der Waals surface area contributed by atoms with Gasteiger partial charge in [0.25, 0.3) is 0 Å². The van der Waals surface area contributed by atoms with Crippen molar-refractivity contribution in [2.75, 3.05) is 6.54 Å². The minimum Gasteiger partial charge on any atom is -0.512 e. The summed E-state index contributed by atoms with van der Waals surface area (Å²) in [6, 6.07) is 10.9. The highest BCUT2D eigenvalue weighted by molar-refractivity contribution is 5.29. The number of rotatable bonds is 4. The molecule has 1 aromatic rings. The maximum atomic E-state index is 9.96. The zero-order valence-electron chi connectivity index (χ0n) is 13.7. The van der Waals surface area contributed by atoms with Crippen LogP contribution in [-0.2, 0) is 5.54 Å². The van der Waals surface area contributed by atoms with E-state index in [9.17, 15) is 5.11 Å². The average Bonchev–Trinajstić information content (AvgIpc) is 2.99. The summed E-state index contributed by atoms with van der Waals surface area (Å²) in [4.78, 5) is 0. The third kappa shape index (κ3) is 2.98. The van der Waals surface area contributed by atoms with Crippen molar-refractivity contribution in [2.45, 2.75) is 51.5 Å². The average molecular weight is 297 g/mol. The maximum absolute atomic E-state index is 9.96. The van der Waals surface area contributed by atoms with Crippen molar-refractivity contribution in [3.8, 4) is 0 Å². The van der Waals surface area contributed by atoms with Crippen LogP contribution in [0.3, 0.4) is 0 Å². The highest BCUT2D eigenvalue weighted by Crippen LogP contribution is 2.40. The molecule has 2 nitrogen and oxygen atoms in total. The lowest BCUT2D eigenvalue weighted by Gasteiger charge is -2.34. The van der Waals surface area contributed by atoms with Crippen molar-refractivity contribution in [1.82, 2.24) is 5.32 Å². The highest BCUT2D eigenvalue weighted by atomic mass is 16.3. The molecule has 0 atom stereocenters. The van der Waals surface area contributed by atoms with E-state index in [2.05, 4.69) is 55.6 Å². The van der Waals surface area contributed by atoms with Gasteiger partial charge in [0, 0.05) is 17.5 Å². The molecular formula is C20H27NO. The monoisotopic (exact) mass is 297 g/mol. The van der Waals surface area contributed by atoms with Gasteiger partial charge in [0.15, 0.2) is 0 Å². The van der Waals surface area contributed by atoms with Crippen LogP contribution in [0.15, 0.2) is 53.8 Å². The lowest BCUT2D eigenvalue weighted by molar-refractivity contribution is 0.248. The minimum atomic E-state index is -0.138. The molecule has 0 aromatic heterocycles. The molecule has 22 heavy (non-hydrogen) atoms. The van der Waals surface area contributed by atoms with Gasteiger partial charge in [-0.25, -0.2) is 0 Å². The van der Waals surface area contributed by atoms with Crippen LogP contribution in [0.5, 0.6) is 0 Å². The summed E-state index contributed by atoms with van der Waals surface area (Å²) in [6.07, 6.45) is 9.91. The normalized spacial score (nSPS) is 23.0. The minimum absolute atomic E-state index is 0.134. The SMILES string of the molecule is CC1(C)CC(CNC2(c3ccccc3)CCCC2)=CC=C1O. The first-order chi connectivity index (χ1) is 10.5. The Morgan fingerprint density at radius 1 is 1.05 bits per heavy atom. The molecular weight excluding hydrogens is 270 g/mol. The van der Waals surface area contributed by atoms with Crippen LogP contribution in [0.1, 0.15) is 51.5 Å². The van der Waals surface area contributed by atoms with Crippen molar-refractivity contribution in [2.24, 2.45) is 5.41 Å². The number of nitrogens with one attached hydrogen (secondary N) is 1. The summed E-state index contributed by atoms with van der Waals surface area (Å²) >= 11 is 0.